The minimum absolute atomic E-state index is 0.661. The van der Waals surface area contributed by atoms with Crippen LogP contribution in [-0.4, -0.2) is 22.2 Å². The van der Waals surface area contributed by atoms with Gasteiger partial charge in [0.05, 0.1) is 0 Å². The summed E-state index contributed by atoms with van der Waals surface area (Å²) in [6, 6.07) is 14.5. The molecular weight excluding hydrogens is 236 g/mol. The highest BCUT2D eigenvalue weighted by Crippen LogP contribution is 2.26. The first-order chi connectivity index (χ1) is 9.28. The molecule has 0 saturated heterocycles. The first kappa shape index (κ1) is 11.6. The first-order valence-corrected chi connectivity index (χ1v) is 6.16. The van der Waals surface area contributed by atoms with Crippen molar-refractivity contribution in [1.82, 2.24) is 15.2 Å². The largest absolute Gasteiger partial charge is 0.371 e. The Hall–Kier alpha value is -2.49. The molecule has 19 heavy (non-hydrogen) atoms. The molecule has 1 aromatic heterocycles. The van der Waals surface area contributed by atoms with Crippen LogP contribution in [0.3, 0.4) is 0 Å². The molecule has 3 rings (SSSR count). The van der Waals surface area contributed by atoms with Crippen molar-refractivity contribution in [1.29, 1.82) is 0 Å². The molecule has 4 nitrogen and oxygen atoms in total. The van der Waals surface area contributed by atoms with E-state index in [4.69, 9.17) is 0 Å². The number of aryl methyl sites for hydroxylation is 1. The van der Waals surface area contributed by atoms with Crippen molar-refractivity contribution < 1.29 is 0 Å². The summed E-state index contributed by atoms with van der Waals surface area (Å²) < 4.78 is 0. The number of nitrogens with zero attached hydrogens (tertiary/aromatic N) is 3. The van der Waals surface area contributed by atoms with Gasteiger partial charge in [-0.15, -0.1) is 10.2 Å². The fourth-order valence-electron chi connectivity index (χ4n) is 2.11. The number of aromatic nitrogens is 3. The van der Waals surface area contributed by atoms with Crippen molar-refractivity contribution in [3.8, 4) is 11.3 Å². The van der Waals surface area contributed by atoms with E-state index >= 15 is 0 Å². The fraction of sp³-hybridized carbons (Fsp3) is 0.133. The van der Waals surface area contributed by atoms with Crippen LogP contribution in [0.4, 0.5) is 5.82 Å². The van der Waals surface area contributed by atoms with Crippen LogP contribution in [0, 0.1) is 6.92 Å². The highest BCUT2D eigenvalue weighted by molar-refractivity contribution is 5.88. The van der Waals surface area contributed by atoms with Gasteiger partial charge in [0.25, 0.3) is 0 Å². The van der Waals surface area contributed by atoms with Crippen molar-refractivity contribution in [3.05, 3.63) is 48.3 Å². The van der Waals surface area contributed by atoms with Crippen LogP contribution in [0.1, 0.15) is 5.82 Å². The Balaban J connectivity index is 2.18. The van der Waals surface area contributed by atoms with Crippen molar-refractivity contribution >= 4 is 16.6 Å². The van der Waals surface area contributed by atoms with Gasteiger partial charge < -0.3 is 5.32 Å². The molecular formula is C15H14N4. The Labute approximate surface area is 111 Å². The van der Waals surface area contributed by atoms with Crippen molar-refractivity contribution in [2.75, 3.05) is 12.4 Å². The summed E-state index contributed by atoms with van der Waals surface area (Å²) in [6.07, 6.45) is 0. The quantitative estimate of drug-likeness (QED) is 0.759. The third-order valence-electron chi connectivity index (χ3n) is 3.05. The van der Waals surface area contributed by atoms with E-state index in [1.807, 2.05) is 32.2 Å². The Morgan fingerprint density at radius 2 is 1.74 bits per heavy atom. The maximum atomic E-state index is 4.36. The van der Waals surface area contributed by atoms with Gasteiger partial charge in [0.2, 0.25) is 0 Å². The third kappa shape index (κ3) is 2.12. The summed E-state index contributed by atoms with van der Waals surface area (Å²) >= 11 is 0. The number of nitrogens with one attached hydrogen (secondary N) is 1. The molecule has 0 saturated carbocycles. The number of rotatable bonds is 2. The average Bonchev–Trinajstić information content (AvgIpc) is 2.46. The van der Waals surface area contributed by atoms with E-state index in [1.54, 1.807) is 0 Å². The van der Waals surface area contributed by atoms with Crippen molar-refractivity contribution in [3.63, 3.8) is 0 Å². The lowest BCUT2D eigenvalue weighted by Gasteiger charge is -2.08. The van der Waals surface area contributed by atoms with E-state index in [0.29, 0.717) is 5.82 Å². The SMILES string of the molecule is CNc1nc(C)nnc1-c1ccc2ccccc2c1. The van der Waals surface area contributed by atoms with Crippen molar-refractivity contribution in [2.45, 2.75) is 6.92 Å². The Morgan fingerprint density at radius 3 is 2.53 bits per heavy atom. The molecule has 0 aliphatic heterocycles. The lowest BCUT2D eigenvalue weighted by Crippen LogP contribution is -2.02. The van der Waals surface area contributed by atoms with Gasteiger partial charge in [-0.3, -0.25) is 0 Å². The van der Waals surface area contributed by atoms with E-state index in [9.17, 15) is 0 Å². The van der Waals surface area contributed by atoms with E-state index in [1.165, 1.54) is 10.8 Å². The highest BCUT2D eigenvalue weighted by atomic mass is 15.2. The summed E-state index contributed by atoms with van der Waals surface area (Å²) in [5, 5.41) is 13.8. The second-order valence-corrected chi connectivity index (χ2v) is 4.37. The minimum Gasteiger partial charge on any atom is -0.371 e. The predicted molar refractivity (Wildman–Crippen MR) is 77.1 cm³/mol. The molecule has 0 amide bonds. The monoisotopic (exact) mass is 250 g/mol. The molecule has 1 heterocycles. The Bertz CT molecular complexity index is 737. The molecule has 0 aliphatic carbocycles. The van der Waals surface area contributed by atoms with Crippen molar-refractivity contribution in [2.24, 2.45) is 0 Å². The van der Waals surface area contributed by atoms with E-state index in [0.717, 1.165) is 17.1 Å². The fourth-order valence-corrected chi connectivity index (χ4v) is 2.11. The molecule has 0 aliphatic rings. The van der Waals surface area contributed by atoms with Gasteiger partial charge in [0.1, 0.15) is 11.5 Å². The molecule has 0 fully saturated rings. The van der Waals surface area contributed by atoms with E-state index in [2.05, 4.69) is 44.8 Å². The van der Waals surface area contributed by atoms with Crippen LogP contribution < -0.4 is 5.32 Å². The second kappa shape index (κ2) is 4.65. The van der Waals surface area contributed by atoms with Crippen LogP contribution in [0.2, 0.25) is 0 Å². The number of hydrogen-bond donors (Lipinski definition) is 1. The molecule has 0 bridgehead atoms. The van der Waals surface area contributed by atoms with Crippen LogP contribution in [0.5, 0.6) is 0 Å². The third-order valence-corrected chi connectivity index (χ3v) is 3.05. The molecule has 1 N–H and O–H groups in total. The molecule has 2 aromatic carbocycles. The smallest absolute Gasteiger partial charge is 0.156 e. The van der Waals surface area contributed by atoms with Gasteiger partial charge in [0, 0.05) is 12.6 Å². The van der Waals surface area contributed by atoms with Gasteiger partial charge in [-0.1, -0.05) is 36.4 Å². The molecule has 4 heteroatoms. The second-order valence-electron chi connectivity index (χ2n) is 4.37. The van der Waals surface area contributed by atoms with Gasteiger partial charge >= 0.3 is 0 Å². The zero-order chi connectivity index (χ0) is 13.2. The van der Waals surface area contributed by atoms with E-state index < -0.39 is 0 Å². The van der Waals surface area contributed by atoms with Gasteiger partial charge in [-0.05, 0) is 23.8 Å². The molecule has 0 unspecified atom stereocenters. The van der Waals surface area contributed by atoms with Crippen LogP contribution in [-0.2, 0) is 0 Å². The number of benzene rings is 2. The van der Waals surface area contributed by atoms with Gasteiger partial charge in [-0.2, -0.15) is 0 Å². The Morgan fingerprint density at radius 1 is 0.947 bits per heavy atom. The summed E-state index contributed by atoms with van der Waals surface area (Å²) in [4.78, 5) is 4.36. The maximum Gasteiger partial charge on any atom is 0.156 e. The van der Waals surface area contributed by atoms with E-state index in [-0.39, 0.29) is 0 Å². The molecule has 0 spiro atoms. The zero-order valence-electron chi connectivity index (χ0n) is 10.9. The molecule has 94 valence electrons. The molecule has 0 radical (unpaired) electrons. The lowest BCUT2D eigenvalue weighted by atomic mass is 10.1. The minimum atomic E-state index is 0.661. The normalized spacial score (nSPS) is 10.6. The zero-order valence-corrected chi connectivity index (χ0v) is 10.9. The molecule has 3 aromatic rings. The maximum absolute atomic E-state index is 4.36. The number of fused-ring (bicyclic) bond motifs is 1. The number of hydrogen-bond acceptors (Lipinski definition) is 4. The lowest BCUT2D eigenvalue weighted by molar-refractivity contribution is 0.916. The van der Waals surface area contributed by atoms with Gasteiger partial charge in [-0.25, -0.2) is 4.98 Å². The first-order valence-electron chi connectivity index (χ1n) is 6.16. The standard InChI is InChI=1S/C15H14N4/c1-10-17-15(16-2)14(19-18-10)13-8-7-11-5-3-4-6-12(11)9-13/h3-9H,1-2H3,(H,16,17,18). The predicted octanol–water partition coefficient (Wildman–Crippen LogP) is 3.04. The highest BCUT2D eigenvalue weighted by Gasteiger charge is 2.09. The van der Waals surface area contributed by atoms with Crippen LogP contribution >= 0.6 is 0 Å². The summed E-state index contributed by atoms with van der Waals surface area (Å²) in [7, 11) is 1.84. The number of anilines is 1. The summed E-state index contributed by atoms with van der Waals surface area (Å²) in [6.45, 7) is 1.83. The Kier molecular flexibility index (Phi) is 2.83. The molecule has 0 atom stereocenters. The summed E-state index contributed by atoms with van der Waals surface area (Å²) in [5.41, 5.74) is 1.79. The average molecular weight is 250 g/mol. The topological polar surface area (TPSA) is 50.7 Å². The van der Waals surface area contributed by atoms with Crippen LogP contribution in [0.15, 0.2) is 42.5 Å². The van der Waals surface area contributed by atoms with Gasteiger partial charge in [0.15, 0.2) is 5.82 Å². The van der Waals surface area contributed by atoms with Crippen LogP contribution in [0.25, 0.3) is 22.0 Å². The summed E-state index contributed by atoms with van der Waals surface area (Å²) in [5.74, 6) is 1.41.